The zero-order valence-corrected chi connectivity index (χ0v) is 44.7. The summed E-state index contributed by atoms with van der Waals surface area (Å²) >= 11 is 1.47. The van der Waals surface area contributed by atoms with Crippen LogP contribution >= 0.6 is 19.4 Å². The molecule has 0 unspecified atom stereocenters. The Labute approximate surface area is 448 Å². The highest BCUT2D eigenvalue weighted by molar-refractivity contribution is 8.00. The lowest BCUT2D eigenvalue weighted by molar-refractivity contribution is -0.134. The molecule has 8 rings (SSSR count). The normalized spacial score (nSPS) is 16.0. The fourth-order valence-electron chi connectivity index (χ4n) is 6.53. The number of hydrogen-bond donors (Lipinski definition) is 6. The largest absolute Gasteiger partial charge is 0.510 e. The number of nitrogens with two attached hydrogens (primary N) is 2. The van der Waals surface area contributed by atoms with Gasteiger partial charge in [-0.3, -0.25) is 23.0 Å². The topological polar surface area (TPSA) is 409 Å². The van der Waals surface area contributed by atoms with Crippen LogP contribution in [0.5, 0.6) is 0 Å². The molecule has 422 valence electrons. The average Bonchev–Trinajstić information content (AvgIpc) is 4.03. The van der Waals surface area contributed by atoms with Crippen molar-refractivity contribution in [2.24, 2.45) is 0 Å². The number of hydrogen-bond acceptors (Lipinski definition) is 26. The number of nitrogen functional groups attached to an aromatic ring is 2. The minimum absolute atomic E-state index is 0.0572. The molecule has 1 saturated heterocycles. The van der Waals surface area contributed by atoms with Crippen LogP contribution in [0.25, 0.3) is 11.2 Å². The number of carboxylic acids is 2. The number of carboxylic acid groups (broad SMARTS) is 2. The molecule has 3 aliphatic rings. The van der Waals surface area contributed by atoms with E-state index < -0.39 is 75.8 Å². The molecule has 2 aliphatic heterocycles. The molecule has 1 saturated carbocycles. The number of aromatic nitrogens is 8. The highest BCUT2D eigenvalue weighted by Gasteiger charge is 2.38. The number of carbonyl (C=O) groups excluding carboxylic acids is 3. The van der Waals surface area contributed by atoms with Gasteiger partial charge in [0.15, 0.2) is 17.3 Å². The first-order valence-corrected chi connectivity index (χ1v) is 26.3. The van der Waals surface area contributed by atoms with Gasteiger partial charge in [-0.05, 0) is 84.2 Å². The van der Waals surface area contributed by atoms with E-state index in [9.17, 15) is 33.3 Å². The highest BCUT2D eigenvalue weighted by atomic mass is 32.2. The van der Waals surface area contributed by atoms with Crippen molar-refractivity contribution < 1.29 is 81.3 Å². The van der Waals surface area contributed by atoms with Crippen LogP contribution in [0.15, 0.2) is 72.5 Å². The van der Waals surface area contributed by atoms with E-state index in [-0.39, 0.29) is 42.4 Å². The van der Waals surface area contributed by atoms with Gasteiger partial charge < -0.3 is 70.0 Å². The summed E-state index contributed by atoms with van der Waals surface area (Å²) in [5.74, 6) is -0.0613. The Balaban J connectivity index is 0.000000217. The van der Waals surface area contributed by atoms with Crippen molar-refractivity contribution in [3.05, 3.63) is 89.3 Å². The zero-order chi connectivity index (χ0) is 57.1. The summed E-state index contributed by atoms with van der Waals surface area (Å²) in [5.41, 5.74) is 13.8. The Morgan fingerprint density at radius 1 is 0.897 bits per heavy atom. The second kappa shape index (κ2) is 29.1. The first kappa shape index (κ1) is 61.1. The molecular formula is C46H59N12O18PS. The highest BCUT2D eigenvalue weighted by Crippen LogP contribution is 2.48. The van der Waals surface area contributed by atoms with E-state index in [0.29, 0.717) is 46.5 Å². The van der Waals surface area contributed by atoms with Crippen molar-refractivity contribution in [3.63, 3.8) is 0 Å². The number of anilines is 5. The number of amides is 1. The number of aliphatic hydroxyl groups is 1. The molecule has 5 aromatic rings. The van der Waals surface area contributed by atoms with Crippen molar-refractivity contribution >= 4 is 89.6 Å². The van der Waals surface area contributed by atoms with E-state index >= 15 is 0 Å². The molecule has 0 aromatic carbocycles. The predicted octanol–water partition coefficient (Wildman–Crippen LogP) is 4.80. The lowest BCUT2D eigenvalue weighted by Gasteiger charge is -2.23. The molecule has 78 heavy (non-hydrogen) atoms. The van der Waals surface area contributed by atoms with Crippen molar-refractivity contribution in [3.8, 4) is 0 Å². The van der Waals surface area contributed by atoms with Gasteiger partial charge in [-0.1, -0.05) is 0 Å². The van der Waals surface area contributed by atoms with Crippen LogP contribution in [0.3, 0.4) is 0 Å². The number of pyridine rings is 2. The van der Waals surface area contributed by atoms with Gasteiger partial charge in [0, 0.05) is 42.5 Å². The maximum absolute atomic E-state index is 13.1. The van der Waals surface area contributed by atoms with Crippen LogP contribution in [-0.2, 0) is 58.2 Å². The number of fused-ring (bicyclic) bond motifs is 3. The van der Waals surface area contributed by atoms with E-state index in [1.807, 2.05) is 19.1 Å². The number of aliphatic carboxylic acids is 2. The number of nitrogens with zero attached hydrogens (tertiary/aromatic N) is 9. The molecule has 2 fully saturated rings. The molecule has 1 aliphatic carbocycles. The van der Waals surface area contributed by atoms with Gasteiger partial charge in [0.1, 0.15) is 41.5 Å². The first-order valence-electron chi connectivity index (χ1n) is 23.5. The number of thioether (sulfide) groups is 1. The molecule has 5 aromatic heterocycles. The van der Waals surface area contributed by atoms with E-state index in [2.05, 4.69) is 40.1 Å². The van der Waals surface area contributed by atoms with E-state index in [4.69, 9.17) is 64.3 Å². The minimum Gasteiger partial charge on any atom is -0.478 e. The van der Waals surface area contributed by atoms with Crippen LogP contribution in [-0.4, -0.2) is 147 Å². The Hall–Kier alpha value is -7.80. The second-order valence-electron chi connectivity index (χ2n) is 17.0. The van der Waals surface area contributed by atoms with Crippen LogP contribution < -0.4 is 27.4 Å². The van der Waals surface area contributed by atoms with E-state index in [1.165, 1.54) is 29.0 Å². The number of rotatable bonds is 18. The second-order valence-corrected chi connectivity index (χ2v) is 20.2. The lowest BCUT2D eigenvalue weighted by Crippen LogP contribution is -2.28. The smallest absolute Gasteiger partial charge is 0.478 e. The zero-order valence-electron chi connectivity index (χ0n) is 43.0. The summed E-state index contributed by atoms with van der Waals surface area (Å²) in [6, 6.07) is 7.45. The number of imidazole rings is 1. The van der Waals surface area contributed by atoms with Crippen molar-refractivity contribution in [1.82, 2.24) is 39.0 Å². The summed E-state index contributed by atoms with van der Waals surface area (Å²) in [6.07, 6.45) is 6.89. The van der Waals surface area contributed by atoms with Crippen LogP contribution in [0.4, 0.5) is 38.5 Å². The molecule has 8 N–H and O–H groups in total. The van der Waals surface area contributed by atoms with Crippen molar-refractivity contribution in [2.75, 3.05) is 54.0 Å². The van der Waals surface area contributed by atoms with Gasteiger partial charge in [-0.25, -0.2) is 48.9 Å². The van der Waals surface area contributed by atoms with Gasteiger partial charge in [-0.15, -0.1) is 11.8 Å². The summed E-state index contributed by atoms with van der Waals surface area (Å²) < 4.78 is 56.4. The number of aryl methyl sites for hydroxylation is 1. The van der Waals surface area contributed by atoms with Crippen LogP contribution in [0.1, 0.15) is 69.6 Å². The molecule has 1 amide bonds. The van der Waals surface area contributed by atoms with Crippen molar-refractivity contribution in [2.45, 2.75) is 96.9 Å². The van der Waals surface area contributed by atoms with Gasteiger partial charge in [0.25, 0.3) is 5.91 Å². The lowest BCUT2D eigenvalue weighted by atomic mass is 10.2. The Bertz CT molecular complexity index is 2970. The fourth-order valence-corrected chi connectivity index (χ4v) is 8.55. The molecule has 3 atom stereocenters. The average molecular weight is 1130 g/mol. The molecule has 32 heteroatoms. The maximum atomic E-state index is 13.1. The summed E-state index contributed by atoms with van der Waals surface area (Å²) in [4.78, 5) is 92.8. The SMILES string of the molecule is CC(C)OC(=O)OCOP(=O)(CO[C@H](C)Cn1cnc2c(N)ncnc21)OCOC(=O)OC(C)C.Cc1ccnc2c1NC(=O)c1cccnc1N2C1CC1.Nc1ccn([C@@H]2CS[C@H](CO)O2)c(=O)n1.O=C(O)/C=C/C(=O)O. The molecule has 0 radical (unpaired) electrons. The number of ether oxygens (including phenoxy) is 6. The standard InChI is InChI=1S/C19H30N5O10P.C15H14N4O.C8H11N3O3S.C4H4O4/c1-12(2)33-18(25)28-9-31-35(27,32-10-29-19(26)34-13(3)4)11-30-14(5)6-24-8-23-15-16(20)21-7-22-17(15)24;1-9-6-8-17-14-12(9)18-15(20)11-3-2-7-16-13(11)19(14)10-4-5-10;9-5-1-2-11(8(13)10-5)6-4-15-7(3-12)14-6;5-3(6)1-2-4(7)8/h7-8,12-14H,6,9-11H2,1-5H3,(H2,20,21,22);2-3,6-8,10H,4-5H2,1H3,(H,18,20);1-2,6-7,12H,3-4H2,(H2,9,10,13);1-2H,(H,5,6)(H,7,8)/b;;;2-1+/t14-;;6-,7+;/m1.0./s1. The van der Waals surface area contributed by atoms with Gasteiger partial charge >= 0.3 is 37.5 Å². The summed E-state index contributed by atoms with van der Waals surface area (Å²) in [6.45, 7) is 8.90. The quantitative estimate of drug-likeness (QED) is 0.0297. The monoisotopic (exact) mass is 1130 g/mol. The third-order valence-electron chi connectivity index (χ3n) is 10.1. The predicted molar refractivity (Wildman–Crippen MR) is 277 cm³/mol. The van der Waals surface area contributed by atoms with Crippen molar-refractivity contribution in [1.29, 1.82) is 0 Å². The van der Waals surface area contributed by atoms with Gasteiger partial charge in [0.2, 0.25) is 13.6 Å². The number of aliphatic hydroxyl groups excluding tert-OH is 1. The molecular weight excluding hydrogens is 1070 g/mol. The molecule has 30 nitrogen and oxygen atoms in total. The Morgan fingerprint density at radius 2 is 1.54 bits per heavy atom. The van der Waals surface area contributed by atoms with Crippen LogP contribution in [0.2, 0.25) is 0 Å². The summed E-state index contributed by atoms with van der Waals surface area (Å²) in [5, 5.41) is 27.5. The summed E-state index contributed by atoms with van der Waals surface area (Å²) in [7, 11) is -4.06. The Kier molecular flexibility index (Phi) is 22.8. The minimum atomic E-state index is -4.06. The van der Waals surface area contributed by atoms with Gasteiger partial charge in [-0.2, -0.15) is 4.98 Å². The van der Waals surface area contributed by atoms with Gasteiger partial charge in [0.05, 0.1) is 49.0 Å². The Morgan fingerprint density at radius 3 is 2.12 bits per heavy atom. The molecule has 0 spiro atoms. The van der Waals surface area contributed by atoms with E-state index in [1.54, 1.807) is 69.9 Å². The number of nitrogens with one attached hydrogen (secondary N) is 1. The third kappa shape index (κ3) is 18.7. The van der Waals surface area contributed by atoms with E-state index in [0.717, 1.165) is 29.9 Å². The fraction of sp³-hybridized carbons (Fsp3) is 0.435. The van der Waals surface area contributed by atoms with Crippen LogP contribution in [0, 0.1) is 6.92 Å². The number of carbonyl (C=O) groups is 5. The molecule has 7 heterocycles. The maximum Gasteiger partial charge on any atom is 0.510 e. The molecule has 0 bridgehead atoms. The first-order chi connectivity index (χ1) is 37.1. The third-order valence-corrected chi connectivity index (χ3v) is 12.7.